The predicted octanol–water partition coefficient (Wildman–Crippen LogP) is 5.04. The van der Waals surface area contributed by atoms with Crippen LogP contribution in [0.1, 0.15) is 11.1 Å². The minimum atomic E-state index is -1.01. The zero-order chi connectivity index (χ0) is 16.6. The fraction of sp³-hybridized carbons (Fsp3) is 0.125. The van der Waals surface area contributed by atoms with E-state index in [1.807, 2.05) is 26.0 Å². The summed E-state index contributed by atoms with van der Waals surface area (Å²) < 4.78 is 33.2. The molecule has 1 heterocycles. The fourth-order valence-electron chi connectivity index (χ4n) is 2.28. The van der Waals surface area contributed by atoms with Gasteiger partial charge in [-0.25, -0.2) is 13.9 Å². The average Bonchev–Trinajstić information content (AvgIpc) is 2.93. The minimum absolute atomic E-state index is 0.0535. The van der Waals surface area contributed by atoms with E-state index in [-0.39, 0.29) is 22.0 Å². The van der Waals surface area contributed by atoms with Gasteiger partial charge in [-0.15, -0.1) is 5.10 Å². The third-order valence-electron chi connectivity index (χ3n) is 3.40. The Kier molecular flexibility index (Phi) is 3.96. The molecule has 0 atom stereocenters. The lowest BCUT2D eigenvalue weighted by Gasteiger charge is -2.14. The summed E-state index contributed by atoms with van der Waals surface area (Å²) in [4.78, 5) is 0.0576. The third-order valence-corrected chi connectivity index (χ3v) is 3.58. The molecule has 7 heteroatoms. The van der Waals surface area contributed by atoms with Gasteiger partial charge in [0.25, 0.3) is 4.84 Å². The molecule has 3 aromatic rings. The Morgan fingerprint density at radius 2 is 1.96 bits per heavy atom. The second kappa shape index (κ2) is 5.92. The molecular formula is C16H13F2N3OS. The number of nitrogens with zero attached hydrogens (tertiary/aromatic N) is 1. The van der Waals surface area contributed by atoms with Gasteiger partial charge in [-0.1, -0.05) is 17.7 Å². The number of benzene rings is 2. The lowest BCUT2D eigenvalue weighted by molar-refractivity contribution is 0.510. The molecule has 0 fully saturated rings. The zero-order valence-corrected chi connectivity index (χ0v) is 13.2. The Morgan fingerprint density at radius 1 is 1.17 bits per heavy atom. The number of anilines is 2. The first-order chi connectivity index (χ1) is 11.0. The topological polar surface area (TPSA) is 53.9 Å². The Morgan fingerprint density at radius 3 is 2.61 bits per heavy atom. The van der Waals surface area contributed by atoms with Crippen molar-refractivity contribution >= 4 is 23.6 Å². The Labute approximate surface area is 136 Å². The van der Waals surface area contributed by atoms with Crippen molar-refractivity contribution in [3.05, 3.63) is 57.9 Å². The zero-order valence-electron chi connectivity index (χ0n) is 12.4. The maximum Gasteiger partial charge on any atom is 0.284 e. The number of aromatic nitrogens is 2. The van der Waals surface area contributed by atoms with Crippen LogP contribution >= 0.6 is 12.2 Å². The van der Waals surface area contributed by atoms with E-state index in [0.29, 0.717) is 5.69 Å². The van der Waals surface area contributed by atoms with Crippen molar-refractivity contribution in [2.24, 2.45) is 0 Å². The Balaban J connectivity index is 2.13. The number of aryl methyl sites for hydroxylation is 2. The summed E-state index contributed by atoms with van der Waals surface area (Å²) in [7, 11) is 0. The van der Waals surface area contributed by atoms with Crippen LogP contribution in [-0.2, 0) is 0 Å². The molecule has 0 unspecified atom stereocenters. The maximum absolute atomic E-state index is 14.3. The van der Waals surface area contributed by atoms with Crippen LogP contribution < -0.4 is 5.32 Å². The van der Waals surface area contributed by atoms with E-state index in [9.17, 15) is 8.78 Å². The van der Waals surface area contributed by atoms with Crippen LogP contribution in [0, 0.1) is 30.3 Å². The number of hydrogen-bond donors (Lipinski definition) is 2. The highest BCUT2D eigenvalue weighted by atomic mass is 32.1. The number of nitrogens with one attached hydrogen (secondary N) is 2. The number of hydrogen-bond acceptors (Lipinski definition) is 4. The van der Waals surface area contributed by atoms with Gasteiger partial charge in [0.05, 0.1) is 11.3 Å². The molecule has 0 saturated carbocycles. The van der Waals surface area contributed by atoms with Gasteiger partial charge in [0, 0.05) is 5.69 Å². The molecular weight excluding hydrogens is 320 g/mol. The molecule has 0 radical (unpaired) electrons. The second-order valence-electron chi connectivity index (χ2n) is 5.15. The minimum Gasteiger partial charge on any atom is -0.409 e. The molecule has 0 aliphatic heterocycles. The van der Waals surface area contributed by atoms with Gasteiger partial charge >= 0.3 is 0 Å². The van der Waals surface area contributed by atoms with Crippen molar-refractivity contribution in [2.75, 3.05) is 5.32 Å². The molecule has 1 aromatic heterocycles. The summed E-state index contributed by atoms with van der Waals surface area (Å²) in [6.07, 6.45) is 0. The van der Waals surface area contributed by atoms with E-state index >= 15 is 0 Å². The van der Waals surface area contributed by atoms with Crippen LogP contribution in [-0.4, -0.2) is 10.2 Å². The van der Waals surface area contributed by atoms with E-state index in [4.69, 9.17) is 16.6 Å². The van der Waals surface area contributed by atoms with Gasteiger partial charge < -0.3 is 9.73 Å². The summed E-state index contributed by atoms with van der Waals surface area (Å²) >= 11 is 4.83. The van der Waals surface area contributed by atoms with Crippen LogP contribution in [0.25, 0.3) is 11.5 Å². The van der Waals surface area contributed by atoms with E-state index in [0.717, 1.165) is 17.2 Å². The van der Waals surface area contributed by atoms with Crippen LogP contribution in [0.15, 0.2) is 34.7 Å². The summed E-state index contributed by atoms with van der Waals surface area (Å²) in [6, 6.07) is 8.04. The van der Waals surface area contributed by atoms with Crippen molar-refractivity contribution in [1.82, 2.24) is 10.2 Å². The highest BCUT2D eigenvalue weighted by Crippen LogP contribution is 2.34. The van der Waals surface area contributed by atoms with Crippen molar-refractivity contribution < 1.29 is 13.2 Å². The first-order valence-corrected chi connectivity index (χ1v) is 7.24. The van der Waals surface area contributed by atoms with Gasteiger partial charge in [0.15, 0.2) is 11.6 Å². The number of rotatable bonds is 3. The monoisotopic (exact) mass is 333 g/mol. The maximum atomic E-state index is 14.3. The first-order valence-electron chi connectivity index (χ1n) is 6.84. The van der Waals surface area contributed by atoms with Gasteiger partial charge in [-0.3, -0.25) is 0 Å². The van der Waals surface area contributed by atoms with E-state index in [2.05, 4.69) is 15.5 Å². The number of H-pyrrole nitrogens is 1. The van der Waals surface area contributed by atoms with Gasteiger partial charge in [0.2, 0.25) is 5.89 Å². The molecule has 0 aliphatic rings. The van der Waals surface area contributed by atoms with Gasteiger partial charge in [-0.2, -0.15) is 0 Å². The van der Waals surface area contributed by atoms with Crippen LogP contribution in [0.4, 0.5) is 20.2 Å². The molecule has 0 amide bonds. The molecule has 3 rings (SSSR count). The van der Waals surface area contributed by atoms with E-state index in [1.54, 1.807) is 6.07 Å². The number of aromatic amines is 1. The Hall–Kier alpha value is -2.54. The quantitative estimate of drug-likeness (QED) is 0.660. The normalized spacial score (nSPS) is 10.8. The standard InChI is InChI=1S/C16H13F2N3OS/c1-8-3-6-12(9(2)7-8)19-14-10(4-5-11(17)13(14)18)15-20-21-16(23)22-15/h3-7,19H,1-2H3,(H,21,23). The SMILES string of the molecule is Cc1ccc(Nc2c(-c3n[nH]c(=S)o3)ccc(F)c2F)c(C)c1. The smallest absolute Gasteiger partial charge is 0.284 e. The summed E-state index contributed by atoms with van der Waals surface area (Å²) in [5.74, 6) is -1.89. The molecule has 2 aromatic carbocycles. The van der Waals surface area contributed by atoms with Crippen LogP contribution in [0.2, 0.25) is 0 Å². The van der Waals surface area contributed by atoms with Crippen molar-refractivity contribution in [1.29, 1.82) is 0 Å². The lowest BCUT2D eigenvalue weighted by atomic mass is 10.1. The lowest BCUT2D eigenvalue weighted by Crippen LogP contribution is -2.01. The van der Waals surface area contributed by atoms with Gasteiger partial charge in [-0.05, 0) is 49.8 Å². The van der Waals surface area contributed by atoms with Crippen molar-refractivity contribution in [3.63, 3.8) is 0 Å². The van der Waals surface area contributed by atoms with E-state index in [1.165, 1.54) is 6.07 Å². The molecule has 0 bridgehead atoms. The highest BCUT2D eigenvalue weighted by Gasteiger charge is 2.19. The van der Waals surface area contributed by atoms with Crippen molar-refractivity contribution in [3.8, 4) is 11.5 Å². The fourth-order valence-corrected chi connectivity index (χ4v) is 2.41. The molecule has 2 N–H and O–H groups in total. The highest BCUT2D eigenvalue weighted by molar-refractivity contribution is 7.71. The van der Waals surface area contributed by atoms with E-state index < -0.39 is 11.6 Å². The summed E-state index contributed by atoms with van der Waals surface area (Å²) in [6.45, 7) is 3.84. The average molecular weight is 333 g/mol. The molecule has 0 aliphatic carbocycles. The predicted molar refractivity (Wildman–Crippen MR) is 86.2 cm³/mol. The number of halogens is 2. The van der Waals surface area contributed by atoms with Gasteiger partial charge in [0.1, 0.15) is 0 Å². The largest absolute Gasteiger partial charge is 0.409 e. The molecule has 4 nitrogen and oxygen atoms in total. The van der Waals surface area contributed by atoms with Crippen molar-refractivity contribution in [2.45, 2.75) is 13.8 Å². The molecule has 118 valence electrons. The molecule has 23 heavy (non-hydrogen) atoms. The van der Waals surface area contributed by atoms with Crippen LogP contribution in [0.3, 0.4) is 0 Å². The van der Waals surface area contributed by atoms with Crippen LogP contribution in [0.5, 0.6) is 0 Å². The summed E-state index contributed by atoms with van der Waals surface area (Å²) in [5, 5.41) is 9.26. The second-order valence-corrected chi connectivity index (χ2v) is 5.52. The molecule has 0 spiro atoms. The molecule has 0 saturated heterocycles. The first kappa shape index (κ1) is 15.4. The Bertz CT molecular complexity index is 933. The third kappa shape index (κ3) is 3.00. The summed E-state index contributed by atoms with van der Waals surface area (Å²) in [5.41, 5.74) is 2.86.